The molecule has 34 heavy (non-hydrogen) atoms. The maximum atomic E-state index is 12.8. The standard InChI is InChI=1S/C22H24N6O5S/c1-32-11-10-23-20(30)19-15-7-3-5-9-17(15)34-21(19)25-18(29)12-33-22(31)14-6-2-4-8-16(14)28-13-24-26-27-28/h2,4,6,8,13H,3,5,7,9-12H2,1H3,(H,23,30)(H,25,29). The summed E-state index contributed by atoms with van der Waals surface area (Å²) in [7, 11) is 1.56. The molecule has 178 valence electrons. The van der Waals surface area contributed by atoms with Gasteiger partial charge in [-0.25, -0.2) is 4.79 Å². The second kappa shape index (κ2) is 11.0. The molecule has 0 unspecified atom stereocenters. The summed E-state index contributed by atoms with van der Waals surface area (Å²) in [5.74, 6) is -1.47. The van der Waals surface area contributed by atoms with Crippen molar-refractivity contribution < 1.29 is 23.9 Å². The minimum atomic E-state index is -0.691. The third kappa shape index (κ3) is 5.29. The van der Waals surface area contributed by atoms with Crippen LogP contribution < -0.4 is 10.6 Å². The summed E-state index contributed by atoms with van der Waals surface area (Å²) in [6.07, 6.45) is 5.06. The van der Waals surface area contributed by atoms with Gasteiger partial charge >= 0.3 is 5.97 Å². The predicted molar refractivity (Wildman–Crippen MR) is 123 cm³/mol. The van der Waals surface area contributed by atoms with E-state index in [1.54, 1.807) is 31.4 Å². The molecule has 0 radical (unpaired) electrons. The number of hydrogen-bond donors (Lipinski definition) is 2. The second-order valence-electron chi connectivity index (χ2n) is 7.56. The third-order valence-electron chi connectivity index (χ3n) is 5.30. The number of ether oxygens (including phenoxy) is 2. The lowest BCUT2D eigenvalue weighted by molar-refractivity contribution is -0.119. The van der Waals surface area contributed by atoms with Gasteiger partial charge in [0, 0.05) is 18.5 Å². The van der Waals surface area contributed by atoms with E-state index in [9.17, 15) is 14.4 Å². The largest absolute Gasteiger partial charge is 0.452 e. The Morgan fingerprint density at radius 3 is 2.79 bits per heavy atom. The summed E-state index contributed by atoms with van der Waals surface area (Å²) >= 11 is 1.40. The van der Waals surface area contributed by atoms with E-state index in [1.807, 2.05) is 0 Å². The van der Waals surface area contributed by atoms with Gasteiger partial charge in [-0.2, -0.15) is 4.68 Å². The van der Waals surface area contributed by atoms with Crippen LogP contribution in [0.2, 0.25) is 0 Å². The number of aryl methyl sites for hydroxylation is 1. The summed E-state index contributed by atoms with van der Waals surface area (Å²) in [6.45, 7) is 0.254. The molecule has 1 aliphatic carbocycles. The fourth-order valence-corrected chi connectivity index (χ4v) is 5.04. The predicted octanol–water partition coefficient (Wildman–Crippen LogP) is 1.77. The maximum Gasteiger partial charge on any atom is 0.340 e. The minimum Gasteiger partial charge on any atom is -0.452 e. The zero-order valence-corrected chi connectivity index (χ0v) is 19.4. The molecule has 2 N–H and O–H groups in total. The van der Waals surface area contributed by atoms with Gasteiger partial charge in [-0.1, -0.05) is 12.1 Å². The molecule has 0 fully saturated rings. The maximum absolute atomic E-state index is 12.8. The van der Waals surface area contributed by atoms with E-state index in [0.29, 0.717) is 29.4 Å². The number of carbonyl (C=O) groups is 3. The van der Waals surface area contributed by atoms with E-state index in [2.05, 4.69) is 26.2 Å². The Bertz CT molecular complexity index is 1180. The second-order valence-corrected chi connectivity index (χ2v) is 8.66. The van der Waals surface area contributed by atoms with Crippen LogP contribution in [0.25, 0.3) is 5.69 Å². The lowest BCUT2D eigenvalue weighted by Crippen LogP contribution is -2.29. The lowest BCUT2D eigenvalue weighted by atomic mass is 9.95. The number of benzene rings is 1. The summed E-state index contributed by atoms with van der Waals surface area (Å²) in [5.41, 5.74) is 2.11. The van der Waals surface area contributed by atoms with Gasteiger partial charge in [0.05, 0.1) is 23.4 Å². The number of tetrazole rings is 1. The van der Waals surface area contributed by atoms with Crippen molar-refractivity contribution in [3.8, 4) is 5.69 Å². The number of thiophene rings is 1. The first kappa shape index (κ1) is 23.5. The van der Waals surface area contributed by atoms with Crippen molar-refractivity contribution in [2.45, 2.75) is 25.7 Å². The first-order chi connectivity index (χ1) is 16.6. The van der Waals surface area contributed by atoms with Gasteiger partial charge in [0.15, 0.2) is 6.61 Å². The summed E-state index contributed by atoms with van der Waals surface area (Å²) in [5, 5.41) is 17.0. The van der Waals surface area contributed by atoms with E-state index in [4.69, 9.17) is 9.47 Å². The average molecular weight is 485 g/mol. The Morgan fingerprint density at radius 2 is 2.00 bits per heavy atom. The van der Waals surface area contributed by atoms with E-state index in [-0.39, 0.29) is 11.5 Å². The first-order valence-corrected chi connectivity index (χ1v) is 11.6. The minimum absolute atomic E-state index is 0.215. The number of carbonyl (C=O) groups excluding carboxylic acids is 3. The molecular weight excluding hydrogens is 460 g/mol. The number of esters is 1. The Balaban J connectivity index is 1.44. The molecule has 0 spiro atoms. The molecule has 0 saturated carbocycles. The van der Waals surface area contributed by atoms with E-state index in [0.717, 1.165) is 36.1 Å². The van der Waals surface area contributed by atoms with Crippen LogP contribution in [0.5, 0.6) is 0 Å². The lowest BCUT2D eigenvalue weighted by Gasteiger charge is -2.13. The monoisotopic (exact) mass is 484 g/mol. The number of amides is 2. The highest BCUT2D eigenvalue weighted by molar-refractivity contribution is 7.17. The Labute approximate surface area is 199 Å². The van der Waals surface area contributed by atoms with Crippen LogP contribution in [0.15, 0.2) is 30.6 Å². The van der Waals surface area contributed by atoms with Crippen molar-refractivity contribution in [3.05, 3.63) is 52.2 Å². The number of methoxy groups -OCH3 is 1. The van der Waals surface area contributed by atoms with Crippen LogP contribution in [0, 0.1) is 0 Å². The normalized spacial score (nSPS) is 12.6. The van der Waals surface area contributed by atoms with Gasteiger partial charge in [0.2, 0.25) is 0 Å². The number of hydrogen-bond acceptors (Lipinski definition) is 9. The van der Waals surface area contributed by atoms with Crippen molar-refractivity contribution in [3.63, 3.8) is 0 Å². The van der Waals surface area contributed by atoms with E-state index >= 15 is 0 Å². The number of nitrogens with one attached hydrogen (secondary N) is 2. The van der Waals surface area contributed by atoms with Crippen molar-refractivity contribution in [1.82, 2.24) is 25.5 Å². The third-order valence-corrected chi connectivity index (χ3v) is 6.50. The van der Waals surface area contributed by atoms with Crippen LogP contribution in [-0.2, 0) is 27.1 Å². The fourth-order valence-electron chi connectivity index (χ4n) is 3.74. The summed E-state index contributed by atoms with van der Waals surface area (Å²) in [6, 6.07) is 6.64. The van der Waals surface area contributed by atoms with Gasteiger partial charge in [0.25, 0.3) is 11.8 Å². The molecule has 1 aromatic carbocycles. The quantitative estimate of drug-likeness (QED) is 0.346. The molecular formula is C22H24N6O5S. The van der Waals surface area contributed by atoms with Gasteiger partial charge in [-0.3, -0.25) is 9.59 Å². The van der Waals surface area contributed by atoms with Crippen LogP contribution in [0.4, 0.5) is 5.00 Å². The van der Waals surface area contributed by atoms with Gasteiger partial charge in [-0.05, 0) is 53.8 Å². The molecule has 4 rings (SSSR count). The topological polar surface area (TPSA) is 137 Å². The van der Waals surface area contributed by atoms with E-state index in [1.165, 1.54) is 22.3 Å². The molecule has 11 nitrogen and oxygen atoms in total. The smallest absolute Gasteiger partial charge is 0.340 e. The molecule has 0 aliphatic heterocycles. The molecule has 2 amide bonds. The molecule has 0 saturated heterocycles. The van der Waals surface area contributed by atoms with Crippen LogP contribution in [-0.4, -0.2) is 64.9 Å². The highest BCUT2D eigenvalue weighted by Crippen LogP contribution is 2.38. The Hall–Kier alpha value is -3.64. The summed E-state index contributed by atoms with van der Waals surface area (Å²) in [4.78, 5) is 39.2. The van der Waals surface area contributed by atoms with Crippen LogP contribution in [0.3, 0.4) is 0 Å². The first-order valence-electron chi connectivity index (χ1n) is 10.8. The number of anilines is 1. The van der Waals surface area contributed by atoms with Crippen molar-refractivity contribution in [1.29, 1.82) is 0 Å². The number of rotatable bonds is 9. The molecule has 2 aromatic heterocycles. The number of nitrogens with zero attached hydrogens (tertiary/aromatic N) is 4. The zero-order chi connectivity index (χ0) is 23.9. The van der Waals surface area contributed by atoms with Crippen molar-refractivity contribution >= 4 is 34.1 Å². The van der Waals surface area contributed by atoms with Crippen molar-refractivity contribution in [2.75, 3.05) is 32.2 Å². The average Bonchev–Trinajstić information content (AvgIpc) is 3.50. The molecule has 1 aliphatic rings. The van der Waals surface area contributed by atoms with Crippen LogP contribution in [0.1, 0.15) is 44.0 Å². The number of fused-ring (bicyclic) bond motifs is 1. The summed E-state index contributed by atoms with van der Waals surface area (Å²) < 4.78 is 11.6. The van der Waals surface area contributed by atoms with E-state index < -0.39 is 18.5 Å². The molecule has 0 atom stereocenters. The van der Waals surface area contributed by atoms with Gasteiger partial charge in [0.1, 0.15) is 11.3 Å². The number of aromatic nitrogens is 4. The van der Waals surface area contributed by atoms with Crippen LogP contribution >= 0.6 is 11.3 Å². The highest BCUT2D eigenvalue weighted by Gasteiger charge is 2.26. The number of para-hydroxylation sites is 1. The molecule has 12 heteroatoms. The highest BCUT2D eigenvalue weighted by atomic mass is 32.1. The molecule has 2 heterocycles. The zero-order valence-electron chi connectivity index (χ0n) is 18.6. The fraction of sp³-hybridized carbons (Fsp3) is 0.364. The molecule has 0 bridgehead atoms. The SMILES string of the molecule is COCCNC(=O)c1c(NC(=O)COC(=O)c2ccccc2-n2cnnn2)sc2c1CCCC2. The Morgan fingerprint density at radius 1 is 1.18 bits per heavy atom. The Kier molecular flexibility index (Phi) is 7.60. The molecule has 3 aromatic rings. The van der Waals surface area contributed by atoms with Gasteiger partial charge in [-0.15, -0.1) is 16.4 Å². The van der Waals surface area contributed by atoms with Crippen molar-refractivity contribution in [2.24, 2.45) is 0 Å². The van der Waals surface area contributed by atoms with Gasteiger partial charge < -0.3 is 20.1 Å².